The first-order valence-electron chi connectivity index (χ1n) is 7.92. The van der Waals surface area contributed by atoms with Crippen molar-refractivity contribution in [2.75, 3.05) is 6.54 Å². The molecule has 1 aromatic heterocycles. The van der Waals surface area contributed by atoms with Gasteiger partial charge in [0.05, 0.1) is 4.90 Å². The Morgan fingerprint density at radius 3 is 2.56 bits per heavy atom. The standard InChI is InChI=1S/C17H18ClN3O3S/c18-14-3-5-15(6-4-14)25(23,24)21-11-1-2-16(21)17(22)20-12-13-7-9-19-10-8-13/h3-10,16H,1-2,11-12H2,(H,20,22)/t16-/m0/s1. The average Bonchev–Trinajstić information content (AvgIpc) is 3.12. The van der Waals surface area contributed by atoms with Crippen molar-refractivity contribution in [3.8, 4) is 0 Å². The van der Waals surface area contributed by atoms with Gasteiger partial charge in [0.25, 0.3) is 0 Å². The number of halogens is 1. The normalized spacial score (nSPS) is 18.2. The summed E-state index contributed by atoms with van der Waals surface area (Å²) in [4.78, 5) is 16.6. The maximum Gasteiger partial charge on any atom is 0.243 e. The summed E-state index contributed by atoms with van der Waals surface area (Å²) < 4.78 is 26.9. The zero-order chi connectivity index (χ0) is 17.9. The Morgan fingerprint density at radius 1 is 1.20 bits per heavy atom. The van der Waals surface area contributed by atoms with Gasteiger partial charge in [-0.2, -0.15) is 4.31 Å². The fourth-order valence-electron chi connectivity index (χ4n) is 2.84. The van der Waals surface area contributed by atoms with E-state index in [1.807, 2.05) is 0 Å². The summed E-state index contributed by atoms with van der Waals surface area (Å²) in [5.74, 6) is -0.285. The average molecular weight is 380 g/mol. The van der Waals surface area contributed by atoms with Gasteiger partial charge in [-0.3, -0.25) is 9.78 Å². The minimum absolute atomic E-state index is 0.144. The molecule has 3 rings (SSSR count). The van der Waals surface area contributed by atoms with Crippen LogP contribution in [0.1, 0.15) is 18.4 Å². The molecule has 1 aromatic carbocycles. The molecular formula is C17H18ClN3O3S. The van der Waals surface area contributed by atoms with Gasteiger partial charge < -0.3 is 5.32 Å². The van der Waals surface area contributed by atoms with Crippen LogP contribution < -0.4 is 5.32 Å². The van der Waals surface area contributed by atoms with Crippen molar-refractivity contribution in [2.24, 2.45) is 0 Å². The lowest BCUT2D eigenvalue weighted by Crippen LogP contribution is -2.45. The van der Waals surface area contributed by atoms with Crippen LogP contribution in [-0.4, -0.2) is 36.2 Å². The van der Waals surface area contributed by atoms with Gasteiger partial charge in [-0.25, -0.2) is 8.42 Å². The van der Waals surface area contributed by atoms with Crippen molar-refractivity contribution in [1.82, 2.24) is 14.6 Å². The number of benzene rings is 1. The molecular weight excluding hydrogens is 362 g/mol. The molecule has 0 radical (unpaired) electrons. The van der Waals surface area contributed by atoms with Crippen LogP contribution in [-0.2, 0) is 21.4 Å². The molecule has 1 atom stereocenters. The number of rotatable bonds is 5. The van der Waals surface area contributed by atoms with Crippen molar-refractivity contribution >= 4 is 27.5 Å². The number of pyridine rings is 1. The van der Waals surface area contributed by atoms with Crippen molar-refractivity contribution in [1.29, 1.82) is 0 Å². The molecule has 2 heterocycles. The molecule has 0 bridgehead atoms. The lowest BCUT2D eigenvalue weighted by molar-refractivity contribution is -0.124. The quantitative estimate of drug-likeness (QED) is 0.863. The smallest absolute Gasteiger partial charge is 0.243 e. The highest BCUT2D eigenvalue weighted by Gasteiger charge is 2.39. The van der Waals surface area contributed by atoms with Crippen molar-refractivity contribution in [3.05, 3.63) is 59.4 Å². The number of carbonyl (C=O) groups is 1. The number of nitrogens with zero attached hydrogens (tertiary/aromatic N) is 2. The zero-order valence-electron chi connectivity index (χ0n) is 13.4. The Balaban J connectivity index is 1.73. The van der Waals surface area contributed by atoms with Crippen LogP contribution in [0, 0.1) is 0 Å². The molecule has 25 heavy (non-hydrogen) atoms. The summed E-state index contributed by atoms with van der Waals surface area (Å²) in [6.07, 6.45) is 4.46. The summed E-state index contributed by atoms with van der Waals surface area (Å²) in [6.45, 7) is 0.672. The first kappa shape index (κ1) is 17.8. The first-order chi connectivity index (χ1) is 12.0. The van der Waals surface area contributed by atoms with E-state index in [0.29, 0.717) is 31.0 Å². The van der Waals surface area contributed by atoms with Gasteiger partial charge in [0, 0.05) is 30.5 Å². The predicted octanol–water partition coefficient (Wildman–Crippen LogP) is 2.20. The molecule has 8 heteroatoms. The molecule has 0 saturated carbocycles. The highest BCUT2D eigenvalue weighted by molar-refractivity contribution is 7.89. The molecule has 2 aromatic rings. The largest absolute Gasteiger partial charge is 0.351 e. The third kappa shape index (κ3) is 4.00. The van der Waals surface area contributed by atoms with Gasteiger partial charge in [-0.1, -0.05) is 11.6 Å². The van der Waals surface area contributed by atoms with Crippen molar-refractivity contribution in [3.63, 3.8) is 0 Å². The minimum atomic E-state index is -3.73. The number of amides is 1. The first-order valence-corrected chi connectivity index (χ1v) is 9.74. The number of hydrogen-bond acceptors (Lipinski definition) is 4. The Labute approximate surface area is 151 Å². The van der Waals surface area contributed by atoms with Crippen LogP contribution in [0.15, 0.2) is 53.7 Å². The van der Waals surface area contributed by atoms with E-state index in [2.05, 4.69) is 10.3 Å². The highest BCUT2D eigenvalue weighted by Crippen LogP contribution is 2.27. The second-order valence-electron chi connectivity index (χ2n) is 5.80. The molecule has 1 fully saturated rings. The molecule has 1 amide bonds. The Morgan fingerprint density at radius 2 is 1.88 bits per heavy atom. The fourth-order valence-corrected chi connectivity index (χ4v) is 4.62. The zero-order valence-corrected chi connectivity index (χ0v) is 15.0. The third-order valence-electron chi connectivity index (χ3n) is 4.14. The van der Waals surface area contributed by atoms with Gasteiger partial charge >= 0.3 is 0 Å². The van der Waals surface area contributed by atoms with Crippen molar-refractivity contribution in [2.45, 2.75) is 30.3 Å². The van der Waals surface area contributed by atoms with Crippen LogP contribution in [0.2, 0.25) is 5.02 Å². The van der Waals surface area contributed by atoms with Gasteiger partial charge in [-0.15, -0.1) is 0 Å². The van der Waals surface area contributed by atoms with E-state index < -0.39 is 16.1 Å². The summed E-state index contributed by atoms with van der Waals surface area (Å²) in [5, 5.41) is 3.27. The molecule has 1 N–H and O–H groups in total. The Bertz CT molecular complexity index is 841. The predicted molar refractivity (Wildman–Crippen MR) is 94.4 cm³/mol. The molecule has 0 unspecified atom stereocenters. The van der Waals surface area contributed by atoms with Crippen LogP contribution >= 0.6 is 11.6 Å². The van der Waals surface area contributed by atoms with E-state index in [4.69, 9.17) is 11.6 Å². The molecule has 1 aliphatic heterocycles. The Hall–Kier alpha value is -1.96. The third-order valence-corrected chi connectivity index (χ3v) is 6.32. The van der Waals surface area contributed by atoms with Gasteiger partial charge in [0.1, 0.15) is 6.04 Å². The number of hydrogen-bond donors (Lipinski definition) is 1. The van der Waals surface area contributed by atoms with Crippen LogP contribution in [0.5, 0.6) is 0 Å². The molecule has 0 spiro atoms. The van der Waals surface area contributed by atoms with E-state index in [-0.39, 0.29) is 10.8 Å². The summed E-state index contributed by atoms with van der Waals surface area (Å²) in [7, 11) is -3.73. The Kier molecular flexibility index (Phi) is 5.36. The van der Waals surface area contributed by atoms with E-state index in [1.165, 1.54) is 28.6 Å². The lowest BCUT2D eigenvalue weighted by Gasteiger charge is -2.23. The van der Waals surface area contributed by atoms with Crippen molar-refractivity contribution < 1.29 is 13.2 Å². The van der Waals surface area contributed by atoms with E-state index in [9.17, 15) is 13.2 Å². The highest BCUT2D eigenvalue weighted by atomic mass is 35.5. The van der Waals surface area contributed by atoms with Gasteiger partial charge in [0.2, 0.25) is 15.9 Å². The second kappa shape index (κ2) is 7.51. The van der Waals surface area contributed by atoms with Gasteiger partial charge in [-0.05, 0) is 54.8 Å². The summed E-state index contributed by atoms with van der Waals surface area (Å²) >= 11 is 5.82. The topological polar surface area (TPSA) is 79.4 Å². The van der Waals surface area contributed by atoms with Crippen LogP contribution in [0.25, 0.3) is 0 Å². The van der Waals surface area contributed by atoms with E-state index >= 15 is 0 Å². The molecule has 1 saturated heterocycles. The SMILES string of the molecule is O=C(NCc1ccncc1)[C@@H]1CCCN1S(=O)(=O)c1ccc(Cl)cc1. The molecule has 6 nitrogen and oxygen atoms in total. The van der Waals surface area contributed by atoms with Crippen LogP contribution in [0.3, 0.4) is 0 Å². The number of carbonyl (C=O) groups excluding carboxylic acids is 1. The molecule has 1 aliphatic rings. The summed E-state index contributed by atoms with van der Waals surface area (Å²) in [5.41, 5.74) is 0.911. The maximum absolute atomic E-state index is 12.8. The molecule has 132 valence electrons. The summed E-state index contributed by atoms with van der Waals surface area (Å²) in [6, 6.07) is 8.90. The number of nitrogens with one attached hydrogen (secondary N) is 1. The fraction of sp³-hybridized carbons (Fsp3) is 0.294. The number of sulfonamides is 1. The van der Waals surface area contributed by atoms with Gasteiger partial charge in [0.15, 0.2) is 0 Å². The number of aromatic nitrogens is 1. The molecule has 0 aliphatic carbocycles. The maximum atomic E-state index is 12.8. The lowest BCUT2D eigenvalue weighted by atomic mass is 10.2. The van der Waals surface area contributed by atoms with Crippen LogP contribution in [0.4, 0.5) is 0 Å². The van der Waals surface area contributed by atoms with E-state index in [1.54, 1.807) is 24.5 Å². The second-order valence-corrected chi connectivity index (χ2v) is 8.13. The monoisotopic (exact) mass is 379 g/mol. The minimum Gasteiger partial charge on any atom is -0.351 e. The van der Waals surface area contributed by atoms with E-state index in [0.717, 1.165) is 5.56 Å².